The van der Waals surface area contributed by atoms with Gasteiger partial charge in [0.15, 0.2) is 0 Å². The van der Waals surface area contributed by atoms with Crippen LogP contribution >= 0.6 is 11.6 Å². The lowest BCUT2D eigenvalue weighted by atomic mass is 10.0. The third-order valence-electron chi connectivity index (χ3n) is 7.62. The number of sulfonamides is 1. The van der Waals surface area contributed by atoms with Crippen molar-refractivity contribution in [3.63, 3.8) is 0 Å². The molecule has 7 nitrogen and oxygen atoms in total. The number of benzene rings is 4. The van der Waals surface area contributed by atoms with E-state index in [1.165, 1.54) is 4.90 Å². The van der Waals surface area contributed by atoms with Crippen LogP contribution in [0.15, 0.2) is 102 Å². The number of nitrogens with zero attached hydrogens (tertiary/aromatic N) is 2. The number of nitrogens with one attached hydrogen (secondary N) is 1. The molecule has 9 heteroatoms. The van der Waals surface area contributed by atoms with Gasteiger partial charge < -0.3 is 10.2 Å². The summed E-state index contributed by atoms with van der Waals surface area (Å²) in [5, 5.41) is 3.42. The highest BCUT2D eigenvalue weighted by Gasteiger charge is 2.35. The Kier molecular flexibility index (Phi) is 10.8. The SMILES string of the molecule is CCNC(=O)[C@H](Cc1ccccc1)N(Cc1ccc(Cl)cc1)C(=O)CN(c1cccc(C)c1C)S(=O)(=O)c1ccc(C)cc1. The van der Waals surface area contributed by atoms with Gasteiger partial charge in [-0.15, -0.1) is 0 Å². The van der Waals surface area contributed by atoms with Crippen LogP contribution in [0.5, 0.6) is 0 Å². The van der Waals surface area contributed by atoms with Crippen molar-refractivity contribution in [2.24, 2.45) is 0 Å². The lowest BCUT2D eigenvalue weighted by Crippen LogP contribution is -2.53. The largest absolute Gasteiger partial charge is 0.355 e. The van der Waals surface area contributed by atoms with Gasteiger partial charge in [-0.25, -0.2) is 8.42 Å². The maximum atomic E-state index is 14.5. The second-order valence-electron chi connectivity index (χ2n) is 10.8. The molecule has 44 heavy (non-hydrogen) atoms. The standard InChI is InChI=1S/C35H38ClN3O4S/c1-5-37-35(41)33(22-28-11-7-6-8-12-28)38(23-29-16-18-30(36)19-17-29)34(40)24-39(32-13-9-10-26(3)27(32)4)44(42,43)31-20-14-25(2)15-21-31/h6-21,33H,5,22-24H2,1-4H3,(H,37,41)/t33-/m0/s1. The number of halogens is 1. The van der Waals surface area contributed by atoms with E-state index in [2.05, 4.69) is 5.32 Å². The van der Waals surface area contributed by atoms with Crippen LogP contribution in [0, 0.1) is 20.8 Å². The molecule has 0 aliphatic heterocycles. The lowest BCUT2D eigenvalue weighted by molar-refractivity contribution is -0.140. The molecule has 0 unspecified atom stereocenters. The van der Waals surface area contributed by atoms with Gasteiger partial charge in [-0.1, -0.05) is 83.9 Å². The maximum absolute atomic E-state index is 14.5. The Balaban J connectivity index is 1.82. The van der Waals surface area contributed by atoms with Crippen LogP contribution in [0.3, 0.4) is 0 Å². The third kappa shape index (κ3) is 7.87. The minimum atomic E-state index is -4.16. The number of likely N-dealkylation sites (N-methyl/N-ethyl adjacent to an activating group) is 1. The lowest BCUT2D eigenvalue weighted by Gasteiger charge is -2.34. The molecule has 0 aliphatic carbocycles. The molecule has 0 aromatic heterocycles. The van der Waals surface area contributed by atoms with Crippen molar-refractivity contribution in [2.45, 2.75) is 51.6 Å². The summed E-state index contributed by atoms with van der Waals surface area (Å²) in [6, 6.07) is 27.5. The Morgan fingerprint density at radius 3 is 2.11 bits per heavy atom. The molecular formula is C35H38ClN3O4S. The van der Waals surface area contributed by atoms with Gasteiger partial charge in [-0.05, 0) is 80.3 Å². The van der Waals surface area contributed by atoms with Crippen LogP contribution in [0.4, 0.5) is 5.69 Å². The number of aryl methyl sites for hydroxylation is 2. The summed E-state index contributed by atoms with van der Waals surface area (Å²) in [5.41, 5.74) is 4.58. The van der Waals surface area contributed by atoms with E-state index in [0.29, 0.717) is 17.3 Å². The summed E-state index contributed by atoms with van der Waals surface area (Å²) in [7, 11) is -4.16. The summed E-state index contributed by atoms with van der Waals surface area (Å²) >= 11 is 6.14. The monoisotopic (exact) mass is 631 g/mol. The highest BCUT2D eigenvalue weighted by molar-refractivity contribution is 7.92. The molecule has 0 saturated carbocycles. The maximum Gasteiger partial charge on any atom is 0.264 e. The van der Waals surface area contributed by atoms with Crippen molar-refractivity contribution in [2.75, 3.05) is 17.4 Å². The second-order valence-corrected chi connectivity index (χ2v) is 13.1. The number of carbonyl (C=O) groups is 2. The van der Waals surface area contributed by atoms with Gasteiger partial charge in [-0.2, -0.15) is 0 Å². The Bertz CT molecular complexity index is 1690. The fourth-order valence-corrected chi connectivity index (χ4v) is 6.59. The topological polar surface area (TPSA) is 86.8 Å². The first-order valence-electron chi connectivity index (χ1n) is 14.5. The summed E-state index contributed by atoms with van der Waals surface area (Å²) in [6.07, 6.45) is 0.250. The molecule has 0 heterocycles. The summed E-state index contributed by atoms with van der Waals surface area (Å²) < 4.78 is 29.6. The summed E-state index contributed by atoms with van der Waals surface area (Å²) in [5.74, 6) is -0.831. The number of hydrogen-bond acceptors (Lipinski definition) is 4. The van der Waals surface area contributed by atoms with Gasteiger partial charge in [0.05, 0.1) is 10.6 Å². The van der Waals surface area contributed by atoms with E-state index in [9.17, 15) is 18.0 Å². The predicted octanol–water partition coefficient (Wildman–Crippen LogP) is 6.24. The molecule has 1 N–H and O–H groups in total. The van der Waals surface area contributed by atoms with E-state index in [1.807, 2.05) is 64.1 Å². The molecule has 1 atom stereocenters. The molecule has 0 bridgehead atoms. The molecular weight excluding hydrogens is 594 g/mol. The van der Waals surface area contributed by atoms with E-state index in [1.54, 1.807) is 60.7 Å². The second kappa shape index (κ2) is 14.6. The zero-order chi connectivity index (χ0) is 31.9. The zero-order valence-corrected chi connectivity index (χ0v) is 27.0. The van der Waals surface area contributed by atoms with Crippen LogP contribution in [0.1, 0.15) is 34.7 Å². The molecule has 4 aromatic rings. The van der Waals surface area contributed by atoms with E-state index in [-0.39, 0.29) is 23.8 Å². The van der Waals surface area contributed by atoms with Gasteiger partial charge in [0.1, 0.15) is 12.6 Å². The van der Waals surface area contributed by atoms with Crippen molar-refractivity contribution in [1.29, 1.82) is 0 Å². The summed E-state index contributed by atoms with van der Waals surface area (Å²) in [4.78, 5) is 29.6. The molecule has 0 saturated heterocycles. The van der Waals surface area contributed by atoms with Crippen LogP contribution in [0.2, 0.25) is 5.02 Å². The Hall–Kier alpha value is -4.14. The molecule has 0 radical (unpaired) electrons. The van der Waals surface area contributed by atoms with Crippen molar-refractivity contribution in [1.82, 2.24) is 10.2 Å². The number of carbonyl (C=O) groups excluding carboxylic acids is 2. The van der Waals surface area contributed by atoms with Crippen molar-refractivity contribution >= 4 is 39.1 Å². The molecule has 0 fully saturated rings. The van der Waals surface area contributed by atoms with Crippen molar-refractivity contribution in [3.8, 4) is 0 Å². The Morgan fingerprint density at radius 1 is 0.818 bits per heavy atom. The predicted molar refractivity (Wildman–Crippen MR) is 176 cm³/mol. The number of anilines is 1. The Morgan fingerprint density at radius 2 is 1.48 bits per heavy atom. The first-order valence-corrected chi connectivity index (χ1v) is 16.3. The molecule has 4 aromatic carbocycles. The van der Waals surface area contributed by atoms with Crippen LogP contribution in [0.25, 0.3) is 0 Å². The fourth-order valence-electron chi connectivity index (χ4n) is 4.99. The van der Waals surface area contributed by atoms with Crippen molar-refractivity contribution in [3.05, 3.63) is 130 Å². The van der Waals surface area contributed by atoms with Gasteiger partial charge in [0, 0.05) is 24.5 Å². The average Bonchev–Trinajstić information content (AvgIpc) is 3.01. The third-order valence-corrected chi connectivity index (χ3v) is 9.65. The molecule has 4 rings (SSSR count). The first kappa shape index (κ1) is 32.8. The number of rotatable bonds is 12. The number of amides is 2. The quantitative estimate of drug-likeness (QED) is 0.201. The smallest absolute Gasteiger partial charge is 0.264 e. The van der Waals surface area contributed by atoms with E-state index in [0.717, 1.165) is 32.1 Å². The van der Waals surface area contributed by atoms with Gasteiger partial charge in [-0.3, -0.25) is 13.9 Å². The van der Waals surface area contributed by atoms with E-state index in [4.69, 9.17) is 11.6 Å². The average molecular weight is 632 g/mol. The van der Waals surface area contributed by atoms with Crippen LogP contribution in [-0.4, -0.2) is 44.3 Å². The molecule has 230 valence electrons. The highest BCUT2D eigenvalue weighted by atomic mass is 35.5. The molecule has 0 aliphatic rings. The van der Waals surface area contributed by atoms with Crippen LogP contribution < -0.4 is 9.62 Å². The zero-order valence-electron chi connectivity index (χ0n) is 25.5. The summed E-state index contributed by atoms with van der Waals surface area (Å²) in [6.45, 7) is 7.39. The van der Waals surface area contributed by atoms with Gasteiger partial charge in [0.25, 0.3) is 10.0 Å². The molecule has 0 spiro atoms. The minimum absolute atomic E-state index is 0.0746. The van der Waals surface area contributed by atoms with E-state index >= 15 is 0 Å². The van der Waals surface area contributed by atoms with Gasteiger partial charge >= 0.3 is 0 Å². The molecule has 2 amide bonds. The van der Waals surface area contributed by atoms with Gasteiger partial charge in [0.2, 0.25) is 11.8 Å². The van der Waals surface area contributed by atoms with E-state index < -0.39 is 28.5 Å². The van der Waals surface area contributed by atoms with Crippen LogP contribution in [-0.2, 0) is 32.6 Å². The number of hydrogen-bond donors (Lipinski definition) is 1. The normalized spacial score (nSPS) is 11.9. The van der Waals surface area contributed by atoms with Crippen molar-refractivity contribution < 1.29 is 18.0 Å². The Labute approximate surface area is 265 Å². The first-order chi connectivity index (χ1) is 21.0. The highest BCUT2D eigenvalue weighted by Crippen LogP contribution is 2.29. The minimum Gasteiger partial charge on any atom is -0.355 e. The fraction of sp³-hybridized carbons (Fsp3) is 0.257.